The molecule has 9 nitrogen and oxygen atoms in total. The van der Waals surface area contributed by atoms with Gasteiger partial charge in [0.05, 0.1) is 17.4 Å². The summed E-state index contributed by atoms with van der Waals surface area (Å²) < 4.78 is 25.0. The summed E-state index contributed by atoms with van der Waals surface area (Å²) in [5.41, 5.74) is -0.511. The molecule has 1 fully saturated rings. The molecule has 1 heterocycles. The van der Waals surface area contributed by atoms with Gasteiger partial charge in [-0.3, -0.25) is 14.4 Å². The number of aliphatic hydroxyl groups is 1. The average Bonchev–Trinajstić information content (AvgIpc) is 3.01. The molecular formula is C37H45NO8. The monoisotopic (exact) mass is 631 g/mol. The molecule has 3 aromatic carbocycles. The van der Waals surface area contributed by atoms with Gasteiger partial charge in [-0.05, 0) is 58.2 Å². The van der Waals surface area contributed by atoms with E-state index in [1.54, 1.807) is 41.5 Å². The number of nitrogens with one attached hydrogen (secondary N) is 1. The van der Waals surface area contributed by atoms with Gasteiger partial charge in [-0.1, -0.05) is 91.0 Å². The first-order valence-electron chi connectivity index (χ1n) is 15.5. The molecule has 1 unspecified atom stereocenters. The summed E-state index contributed by atoms with van der Waals surface area (Å²) >= 11 is 0. The number of carbonyl (C=O) groups is 3. The Bertz CT molecular complexity index is 1370. The summed E-state index contributed by atoms with van der Waals surface area (Å²) in [7, 11) is 0. The van der Waals surface area contributed by atoms with E-state index in [2.05, 4.69) is 5.32 Å². The van der Waals surface area contributed by atoms with Crippen LogP contribution in [-0.2, 0) is 38.9 Å². The maximum atomic E-state index is 13.4. The first-order valence-corrected chi connectivity index (χ1v) is 15.5. The Balaban J connectivity index is 1.84. The third kappa shape index (κ3) is 7.84. The number of esters is 2. The molecule has 0 aliphatic carbocycles. The second-order valence-corrected chi connectivity index (χ2v) is 13.6. The number of carbonyl (C=O) groups excluding carboxylic acids is 3. The highest BCUT2D eigenvalue weighted by Gasteiger charge is 2.52. The predicted molar refractivity (Wildman–Crippen MR) is 172 cm³/mol. The molecule has 1 amide bonds. The van der Waals surface area contributed by atoms with Crippen LogP contribution in [0.25, 0.3) is 0 Å². The molecule has 46 heavy (non-hydrogen) atoms. The fraction of sp³-hybridized carbons (Fsp3) is 0.432. The van der Waals surface area contributed by atoms with Crippen molar-refractivity contribution in [2.45, 2.75) is 84.7 Å². The van der Waals surface area contributed by atoms with Gasteiger partial charge in [0.25, 0.3) is 0 Å². The minimum atomic E-state index is -1.61. The van der Waals surface area contributed by atoms with E-state index in [4.69, 9.17) is 18.9 Å². The van der Waals surface area contributed by atoms with Crippen molar-refractivity contribution in [1.82, 2.24) is 5.32 Å². The molecule has 0 aromatic heterocycles. The maximum Gasteiger partial charge on any atom is 0.311 e. The van der Waals surface area contributed by atoms with Gasteiger partial charge in [0.1, 0.15) is 17.7 Å². The molecule has 2 N–H and O–H groups in total. The van der Waals surface area contributed by atoms with Crippen molar-refractivity contribution >= 4 is 17.8 Å². The quantitative estimate of drug-likeness (QED) is 0.246. The number of ether oxygens (including phenoxy) is 4. The number of rotatable bonds is 9. The van der Waals surface area contributed by atoms with Crippen LogP contribution in [0.15, 0.2) is 91.0 Å². The molecule has 4 rings (SSSR count). The summed E-state index contributed by atoms with van der Waals surface area (Å²) in [6, 6.07) is 27.9. The van der Waals surface area contributed by atoms with Gasteiger partial charge in [0.15, 0.2) is 18.5 Å². The zero-order valence-electron chi connectivity index (χ0n) is 27.6. The maximum absolute atomic E-state index is 13.4. The van der Waals surface area contributed by atoms with E-state index in [0.29, 0.717) is 0 Å². The molecule has 246 valence electrons. The van der Waals surface area contributed by atoms with Crippen LogP contribution in [0.4, 0.5) is 0 Å². The van der Waals surface area contributed by atoms with E-state index in [-0.39, 0.29) is 6.61 Å². The lowest BCUT2D eigenvalue weighted by molar-refractivity contribution is -0.273. The van der Waals surface area contributed by atoms with Crippen LogP contribution >= 0.6 is 0 Å². The van der Waals surface area contributed by atoms with Crippen molar-refractivity contribution in [3.8, 4) is 0 Å². The zero-order chi connectivity index (χ0) is 33.7. The molecule has 1 aliphatic rings. The Morgan fingerprint density at radius 2 is 1.09 bits per heavy atom. The SMILES string of the molecule is CC(=O)N[C@H]1C(O)O[C@H](COC(c2ccccc2)(c2ccccc2)c2ccccc2)[C@@H](OC(=O)C(C)(C)C)[C@@H]1OC(=O)C(C)(C)C. The van der Waals surface area contributed by atoms with Gasteiger partial charge in [0, 0.05) is 6.92 Å². The van der Waals surface area contributed by atoms with Crippen molar-refractivity contribution in [2.75, 3.05) is 6.61 Å². The summed E-state index contributed by atoms with van der Waals surface area (Å²) in [4.78, 5) is 38.9. The molecular weight excluding hydrogens is 586 g/mol. The van der Waals surface area contributed by atoms with Crippen LogP contribution in [0.5, 0.6) is 0 Å². The van der Waals surface area contributed by atoms with Crippen molar-refractivity contribution in [1.29, 1.82) is 0 Å². The van der Waals surface area contributed by atoms with Gasteiger partial charge in [-0.15, -0.1) is 0 Å². The molecule has 3 aromatic rings. The van der Waals surface area contributed by atoms with Crippen LogP contribution in [-0.4, -0.2) is 60.2 Å². The van der Waals surface area contributed by atoms with Gasteiger partial charge < -0.3 is 29.4 Å². The van der Waals surface area contributed by atoms with E-state index >= 15 is 0 Å². The third-order valence-corrected chi connectivity index (χ3v) is 7.75. The first-order chi connectivity index (χ1) is 21.6. The lowest BCUT2D eigenvalue weighted by Crippen LogP contribution is -2.66. The molecule has 5 atom stereocenters. The Kier molecular flexibility index (Phi) is 10.7. The Morgan fingerprint density at radius 1 is 0.696 bits per heavy atom. The van der Waals surface area contributed by atoms with E-state index in [9.17, 15) is 19.5 Å². The summed E-state index contributed by atoms with van der Waals surface area (Å²) in [5, 5.41) is 13.9. The first kappa shape index (κ1) is 34.8. The highest BCUT2D eigenvalue weighted by Crippen LogP contribution is 2.41. The molecule has 9 heteroatoms. The zero-order valence-corrected chi connectivity index (χ0v) is 27.6. The molecule has 0 spiro atoms. The standard InChI is InChI=1S/C37H45NO8/c1-24(39)38-29-31(46-34(42)36(5,6)7)30(45-33(41)35(2,3)4)28(44-32(29)40)23-43-37(25-17-11-8-12-18-25,26-19-13-9-14-20-26)27-21-15-10-16-22-27/h8-22,28-32,40H,23H2,1-7H3,(H,38,39)/t28-,29-,30-,31-,32?/m1/s1. The highest BCUT2D eigenvalue weighted by atomic mass is 16.7. The van der Waals surface area contributed by atoms with Gasteiger partial charge in [0.2, 0.25) is 5.91 Å². The number of benzene rings is 3. The third-order valence-electron chi connectivity index (χ3n) is 7.75. The molecule has 0 bridgehead atoms. The number of hydrogen-bond donors (Lipinski definition) is 2. The fourth-order valence-corrected chi connectivity index (χ4v) is 5.30. The van der Waals surface area contributed by atoms with E-state index in [1.807, 2.05) is 91.0 Å². The molecule has 0 radical (unpaired) electrons. The Labute approximate surface area is 271 Å². The van der Waals surface area contributed by atoms with Crippen molar-refractivity contribution in [2.24, 2.45) is 10.8 Å². The minimum absolute atomic E-state index is 0.200. The number of hydrogen-bond acceptors (Lipinski definition) is 8. The molecule has 1 aliphatic heterocycles. The fourth-order valence-electron chi connectivity index (χ4n) is 5.30. The predicted octanol–water partition coefficient (Wildman–Crippen LogP) is 5.13. The largest absolute Gasteiger partial charge is 0.455 e. The van der Waals surface area contributed by atoms with Gasteiger partial charge in [-0.25, -0.2) is 0 Å². The minimum Gasteiger partial charge on any atom is -0.455 e. The lowest BCUT2D eigenvalue weighted by atomic mass is 9.80. The van der Waals surface area contributed by atoms with Crippen LogP contribution in [0.1, 0.15) is 65.2 Å². The van der Waals surface area contributed by atoms with Crippen LogP contribution in [0.3, 0.4) is 0 Å². The second-order valence-electron chi connectivity index (χ2n) is 13.6. The summed E-state index contributed by atoms with van der Waals surface area (Å²) in [5.74, 6) is -1.68. The van der Waals surface area contributed by atoms with E-state index in [0.717, 1.165) is 16.7 Å². The summed E-state index contributed by atoms with van der Waals surface area (Å²) in [6.07, 6.45) is -5.27. The number of aliphatic hydroxyl groups excluding tert-OH is 1. The average molecular weight is 632 g/mol. The normalized spacial score (nSPS) is 22.0. The topological polar surface area (TPSA) is 120 Å². The molecule has 0 saturated carbocycles. The van der Waals surface area contributed by atoms with Crippen molar-refractivity contribution < 1.29 is 38.4 Å². The van der Waals surface area contributed by atoms with Gasteiger partial charge >= 0.3 is 11.9 Å². The van der Waals surface area contributed by atoms with Crippen LogP contribution < -0.4 is 5.32 Å². The summed E-state index contributed by atoms with van der Waals surface area (Å²) in [6.45, 7) is 11.2. The van der Waals surface area contributed by atoms with Gasteiger partial charge in [-0.2, -0.15) is 0 Å². The van der Waals surface area contributed by atoms with Crippen LogP contribution in [0.2, 0.25) is 0 Å². The number of amides is 1. The Morgan fingerprint density at radius 3 is 1.46 bits per heavy atom. The second kappa shape index (κ2) is 14.2. The van der Waals surface area contributed by atoms with Crippen molar-refractivity contribution in [3.63, 3.8) is 0 Å². The highest BCUT2D eigenvalue weighted by molar-refractivity contribution is 5.77. The van der Waals surface area contributed by atoms with E-state index < -0.39 is 64.9 Å². The Hall–Kier alpha value is -4.05. The van der Waals surface area contributed by atoms with Crippen molar-refractivity contribution in [3.05, 3.63) is 108 Å². The smallest absolute Gasteiger partial charge is 0.311 e. The molecule has 1 saturated heterocycles. The lowest BCUT2D eigenvalue weighted by Gasteiger charge is -2.46. The van der Waals surface area contributed by atoms with E-state index in [1.165, 1.54) is 6.92 Å². The van der Waals surface area contributed by atoms with Crippen LogP contribution in [0, 0.1) is 10.8 Å².